The molecule has 0 aliphatic carbocycles. The summed E-state index contributed by atoms with van der Waals surface area (Å²) in [7, 11) is 1.76. The number of aryl methyl sites for hydroxylation is 2. The number of aliphatic carboxylic acids is 1. The molecule has 1 aromatic carbocycles. The van der Waals surface area contributed by atoms with Crippen molar-refractivity contribution in [2.45, 2.75) is 13.8 Å². The van der Waals surface area contributed by atoms with Crippen molar-refractivity contribution in [3.8, 4) is 5.75 Å². The van der Waals surface area contributed by atoms with E-state index in [0.29, 0.717) is 13.2 Å². The van der Waals surface area contributed by atoms with Crippen LogP contribution < -0.4 is 4.74 Å². The van der Waals surface area contributed by atoms with Crippen molar-refractivity contribution >= 4 is 5.97 Å². The van der Waals surface area contributed by atoms with E-state index in [2.05, 4.69) is 0 Å². The highest BCUT2D eigenvalue weighted by molar-refractivity contribution is 5.68. The monoisotopic (exact) mass is 237 g/mol. The van der Waals surface area contributed by atoms with Gasteiger partial charge in [-0.2, -0.15) is 0 Å². The number of benzene rings is 1. The molecule has 0 fully saturated rings. The molecule has 0 atom stereocenters. The van der Waals surface area contributed by atoms with Crippen LogP contribution >= 0.6 is 0 Å². The van der Waals surface area contributed by atoms with E-state index in [4.69, 9.17) is 9.84 Å². The zero-order valence-corrected chi connectivity index (χ0v) is 10.6. The highest BCUT2D eigenvalue weighted by atomic mass is 16.5. The smallest absolute Gasteiger partial charge is 0.317 e. The van der Waals surface area contributed by atoms with Gasteiger partial charge < -0.3 is 9.84 Å². The van der Waals surface area contributed by atoms with E-state index in [1.165, 1.54) is 0 Å². The van der Waals surface area contributed by atoms with E-state index >= 15 is 0 Å². The van der Waals surface area contributed by atoms with Crippen molar-refractivity contribution in [1.29, 1.82) is 0 Å². The van der Waals surface area contributed by atoms with Crippen LogP contribution in [0.3, 0.4) is 0 Å². The first-order chi connectivity index (χ1) is 7.99. The van der Waals surface area contributed by atoms with Crippen LogP contribution in [0.4, 0.5) is 0 Å². The maximum Gasteiger partial charge on any atom is 0.317 e. The summed E-state index contributed by atoms with van der Waals surface area (Å²) in [6.45, 7) is 5.14. The average Bonchev–Trinajstić information content (AvgIpc) is 2.22. The van der Waals surface area contributed by atoms with Gasteiger partial charge in [0.2, 0.25) is 0 Å². The van der Waals surface area contributed by atoms with Crippen LogP contribution in [0, 0.1) is 13.8 Å². The van der Waals surface area contributed by atoms with Crippen LogP contribution in [0.15, 0.2) is 18.2 Å². The number of carboxylic acid groups (broad SMARTS) is 1. The van der Waals surface area contributed by atoms with Crippen LogP contribution in [0.5, 0.6) is 5.75 Å². The molecule has 0 spiro atoms. The molecule has 0 heterocycles. The lowest BCUT2D eigenvalue weighted by Crippen LogP contribution is -2.29. The van der Waals surface area contributed by atoms with E-state index < -0.39 is 5.97 Å². The molecule has 0 bridgehead atoms. The molecule has 0 amide bonds. The van der Waals surface area contributed by atoms with Gasteiger partial charge in [0.15, 0.2) is 0 Å². The van der Waals surface area contributed by atoms with Gasteiger partial charge in [0.1, 0.15) is 12.4 Å². The van der Waals surface area contributed by atoms with Crippen LogP contribution in [-0.2, 0) is 4.79 Å². The van der Waals surface area contributed by atoms with Gasteiger partial charge in [-0.1, -0.05) is 12.1 Å². The summed E-state index contributed by atoms with van der Waals surface area (Å²) >= 11 is 0. The van der Waals surface area contributed by atoms with Crippen LogP contribution in [0.2, 0.25) is 0 Å². The van der Waals surface area contributed by atoms with E-state index in [-0.39, 0.29) is 6.54 Å². The van der Waals surface area contributed by atoms with Crippen LogP contribution in [0.25, 0.3) is 0 Å². The molecule has 0 unspecified atom stereocenters. The van der Waals surface area contributed by atoms with Crippen molar-refractivity contribution < 1.29 is 14.6 Å². The summed E-state index contributed by atoms with van der Waals surface area (Å²) in [5.41, 5.74) is 2.25. The van der Waals surface area contributed by atoms with Gasteiger partial charge in [-0.05, 0) is 38.1 Å². The molecule has 4 heteroatoms. The van der Waals surface area contributed by atoms with Crippen molar-refractivity contribution in [3.63, 3.8) is 0 Å². The highest BCUT2D eigenvalue weighted by Crippen LogP contribution is 2.18. The van der Waals surface area contributed by atoms with E-state index in [1.54, 1.807) is 11.9 Å². The number of carbonyl (C=O) groups is 1. The van der Waals surface area contributed by atoms with Gasteiger partial charge in [0.25, 0.3) is 0 Å². The number of hydrogen-bond donors (Lipinski definition) is 1. The molecular weight excluding hydrogens is 218 g/mol. The number of likely N-dealkylation sites (N-methyl/N-ethyl adjacent to an activating group) is 1. The lowest BCUT2D eigenvalue weighted by atomic mass is 10.1. The number of rotatable bonds is 6. The maximum absolute atomic E-state index is 10.5. The molecule has 0 saturated heterocycles. The van der Waals surface area contributed by atoms with E-state index in [0.717, 1.165) is 16.9 Å². The molecule has 17 heavy (non-hydrogen) atoms. The fraction of sp³-hybridized carbons (Fsp3) is 0.462. The third-order valence-electron chi connectivity index (χ3n) is 2.48. The molecule has 1 N–H and O–H groups in total. The summed E-state index contributed by atoms with van der Waals surface area (Å²) in [6, 6.07) is 6.05. The van der Waals surface area contributed by atoms with Crippen molar-refractivity contribution in [1.82, 2.24) is 4.90 Å². The predicted molar refractivity (Wildman–Crippen MR) is 66.5 cm³/mol. The summed E-state index contributed by atoms with van der Waals surface area (Å²) < 4.78 is 5.64. The fourth-order valence-corrected chi connectivity index (χ4v) is 1.48. The zero-order chi connectivity index (χ0) is 12.8. The number of nitrogens with zero attached hydrogens (tertiary/aromatic N) is 1. The Morgan fingerprint density at radius 2 is 2.12 bits per heavy atom. The van der Waals surface area contributed by atoms with Gasteiger partial charge in [-0.15, -0.1) is 0 Å². The normalized spacial score (nSPS) is 10.6. The summed E-state index contributed by atoms with van der Waals surface area (Å²) in [5.74, 6) is 0.0490. The predicted octanol–water partition coefficient (Wildman–Crippen LogP) is 1.70. The Kier molecular flexibility index (Phi) is 4.97. The molecule has 0 radical (unpaired) electrons. The summed E-state index contributed by atoms with van der Waals surface area (Å²) in [6.07, 6.45) is 0. The number of carboxylic acids is 1. The second kappa shape index (κ2) is 6.25. The first kappa shape index (κ1) is 13.5. The SMILES string of the molecule is Cc1ccc(C)c(OCCN(C)CC(=O)O)c1. The molecule has 1 rings (SSSR count). The van der Waals surface area contributed by atoms with Crippen LogP contribution in [-0.4, -0.2) is 42.7 Å². The molecule has 0 aliphatic rings. The third kappa shape index (κ3) is 4.87. The summed E-state index contributed by atoms with van der Waals surface area (Å²) in [5, 5.41) is 8.60. The quantitative estimate of drug-likeness (QED) is 0.818. The van der Waals surface area contributed by atoms with Gasteiger partial charge in [-0.3, -0.25) is 9.69 Å². The zero-order valence-electron chi connectivity index (χ0n) is 10.6. The maximum atomic E-state index is 10.5. The minimum Gasteiger partial charge on any atom is -0.492 e. The molecule has 0 aromatic heterocycles. The number of hydrogen-bond acceptors (Lipinski definition) is 3. The Balaban J connectivity index is 2.40. The Morgan fingerprint density at radius 1 is 1.41 bits per heavy atom. The largest absolute Gasteiger partial charge is 0.492 e. The van der Waals surface area contributed by atoms with E-state index in [9.17, 15) is 4.79 Å². The van der Waals surface area contributed by atoms with E-state index in [1.807, 2.05) is 32.0 Å². The molecule has 0 aliphatic heterocycles. The molecule has 4 nitrogen and oxygen atoms in total. The van der Waals surface area contributed by atoms with Crippen molar-refractivity contribution in [2.24, 2.45) is 0 Å². The van der Waals surface area contributed by atoms with Gasteiger partial charge in [-0.25, -0.2) is 0 Å². The van der Waals surface area contributed by atoms with Crippen LogP contribution in [0.1, 0.15) is 11.1 Å². The minimum absolute atomic E-state index is 0.0379. The highest BCUT2D eigenvalue weighted by Gasteiger charge is 2.05. The lowest BCUT2D eigenvalue weighted by molar-refractivity contribution is -0.138. The molecule has 94 valence electrons. The standard InChI is InChI=1S/C13H19NO3/c1-10-4-5-11(2)12(8-10)17-7-6-14(3)9-13(15)16/h4-5,8H,6-7,9H2,1-3H3,(H,15,16). The third-order valence-corrected chi connectivity index (χ3v) is 2.48. The Morgan fingerprint density at radius 3 is 2.76 bits per heavy atom. The summed E-state index contributed by atoms with van der Waals surface area (Å²) in [4.78, 5) is 12.2. The second-order valence-electron chi connectivity index (χ2n) is 4.25. The first-order valence-electron chi connectivity index (χ1n) is 5.59. The lowest BCUT2D eigenvalue weighted by Gasteiger charge is -2.15. The van der Waals surface area contributed by atoms with Gasteiger partial charge in [0.05, 0.1) is 6.54 Å². The minimum atomic E-state index is -0.820. The molecule has 1 aromatic rings. The number of ether oxygens (including phenoxy) is 1. The molecule has 0 saturated carbocycles. The van der Waals surface area contributed by atoms with Gasteiger partial charge in [0, 0.05) is 6.54 Å². The van der Waals surface area contributed by atoms with Crippen molar-refractivity contribution in [2.75, 3.05) is 26.7 Å². The van der Waals surface area contributed by atoms with Crippen molar-refractivity contribution in [3.05, 3.63) is 29.3 Å². The average molecular weight is 237 g/mol. The first-order valence-corrected chi connectivity index (χ1v) is 5.59. The Bertz CT molecular complexity index is 390. The second-order valence-corrected chi connectivity index (χ2v) is 4.25. The Hall–Kier alpha value is -1.55. The fourth-order valence-electron chi connectivity index (χ4n) is 1.48. The topological polar surface area (TPSA) is 49.8 Å². The van der Waals surface area contributed by atoms with Gasteiger partial charge >= 0.3 is 5.97 Å². The Labute approximate surface area is 102 Å². The molecular formula is C13H19NO3.